The fourth-order valence-corrected chi connectivity index (χ4v) is 4.49. The molecule has 3 rings (SSSR count). The Morgan fingerprint density at radius 3 is 2.65 bits per heavy atom. The molecule has 0 amide bonds. The summed E-state index contributed by atoms with van der Waals surface area (Å²) >= 11 is 0. The maximum atomic E-state index is 3.62. The number of likely N-dealkylation sites (tertiary alicyclic amines) is 1. The maximum absolute atomic E-state index is 3.62. The zero-order valence-electron chi connectivity index (χ0n) is 11.3. The third-order valence-electron chi connectivity index (χ3n) is 5.50. The molecule has 2 saturated heterocycles. The summed E-state index contributed by atoms with van der Waals surface area (Å²) in [6, 6.07) is 1.76. The molecule has 4 atom stereocenters. The first-order valence-electron chi connectivity index (χ1n) is 7.82. The average Bonchev–Trinajstić information content (AvgIpc) is 2.39. The zero-order valence-corrected chi connectivity index (χ0v) is 11.3. The largest absolute Gasteiger partial charge is 0.315 e. The minimum atomic E-state index is 0.828. The van der Waals surface area contributed by atoms with Gasteiger partial charge in [-0.15, -0.1) is 0 Å². The molecule has 2 heterocycles. The highest BCUT2D eigenvalue weighted by atomic mass is 15.2. The van der Waals surface area contributed by atoms with Gasteiger partial charge in [0.05, 0.1) is 0 Å². The summed E-state index contributed by atoms with van der Waals surface area (Å²) in [5, 5.41) is 3.62. The van der Waals surface area contributed by atoms with E-state index in [1.807, 2.05) is 0 Å². The van der Waals surface area contributed by atoms with E-state index >= 15 is 0 Å². The summed E-state index contributed by atoms with van der Waals surface area (Å²) < 4.78 is 0. The van der Waals surface area contributed by atoms with Gasteiger partial charge < -0.3 is 5.32 Å². The summed E-state index contributed by atoms with van der Waals surface area (Å²) in [7, 11) is 0. The van der Waals surface area contributed by atoms with Gasteiger partial charge in [0.2, 0.25) is 0 Å². The summed E-state index contributed by atoms with van der Waals surface area (Å²) in [5.74, 6) is 1.93. The number of nitrogens with zero attached hydrogens (tertiary/aromatic N) is 1. The normalized spacial score (nSPS) is 44.3. The van der Waals surface area contributed by atoms with Crippen molar-refractivity contribution in [2.24, 2.45) is 11.8 Å². The van der Waals surface area contributed by atoms with Crippen molar-refractivity contribution in [3.05, 3.63) is 0 Å². The van der Waals surface area contributed by atoms with Crippen LogP contribution in [0.25, 0.3) is 0 Å². The number of hydrogen-bond acceptors (Lipinski definition) is 2. The quantitative estimate of drug-likeness (QED) is 0.753. The van der Waals surface area contributed by atoms with E-state index in [-0.39, 0.29) is 0 Å². The van der Waals surface area contributed by atoms with Crippen LogP contribution in [-0.4, -0.2) is 36.6 Å². The van der Waals surface area contributed by atoms with Crippen LogP contribution in [0.3, 0.4) is 0 Å². The van der Waals surface area contributed by atoms with Crippen molar-refractivity contribution in [3.8, 4) is 0 Å². The highest BCUT2D eigenvalue weighted by Gasteiger charge is 2.38. The predicted molar refractivity (Wildman–Crippen MR) is 72.1 cm³/mol. The van der Waals surface area contributed by atoms with Gasteiger partial charge in [-0.1, -0.05) is 19.8 Å². The molecule has 17 heavy (non-hydrogen) atoms. The molecule has 0 aromatic carbocycles. The van der Waals surface area contributed by atoms with Crippen LogP contribution in [0.5, 0.6) is 0 Å². The van der Waals surface area contributed by atoms with Gasteiger partial charge in [0, 0.05) is 18.6 Å². The van der Waals surface area contributed by atoms with Crippen LogP contribution in [0.4, 0.5) is 0 Å². The molecule has 0 aromatic rings. The van der Waals surface area contributed by atoms with Crippen molar-refractivity contribution in [1.29, 1.82) is 0 Å². The second-order valence-electron chi connectivity index (χ2n) is 6.53. The lowest BCUT2D eigenvalue weighted by atomic mass is 9.76. The number of nitrogens with one attached hydrogen (secondary N) is 1. The molecule has 2 heteroatoms. The van der Waals surface area contributed by atoms with Gasteiger partial charge in [-0.25, -0.2) is 0 Å². The molecule has 0 aromatic heterocycles. The topological polar surface area (TPSA) is 15.3 Å². The Morgan fingerprint density at radius 2 is 1.76 bits per heavy atom. The molecule has 1 aliphatic carbocycles. The molecule has 1 saturated carbocycles. The van der Waals surface area contributed by atoms with E-state index in [1.165, 1.54) is 64.6 Å². The van der Waals surface area contributed by atoms with E-state index in [0.717, 1.165) is 23.9 Å². The molecule has 2 aliphatic heterocycles. The lowest BCUT2D eigenvalue weighted by Gasteiger charge is -2.50. The standard InChI is InChI=1S/C15H28N2/c1-12-8-9-16-11-15(12)17-10-4-6-13-5-2-3-7-14(13)17/h12-16H,2-11H2,1H3. The van der Waals surface area contributed by atoms with Crippen molar-refractivity contribution < 1.29 is 0 Å². The summed E-state index contributed by atoms with van der Waals surface area (Å²) in [4.78, 5) is 2.91. The Hall–Kier alpha value is -0.0800. The van der Waals surface area contributed by atoms with Gasteiger partial charge in [-0.2, -0.15) is 0 Å². The molecule has 0 radical (unpaired) electrons. The zero-order chi connectivity index (χ0) is 11.7. The Bertz CT molecular complexity index is 245. The van der Waals surface area contributed by atoms with E-state index in [0.29, 0.717) is 0 Å². The number of hydrogen-bond donors (Lipinski definition) is 1. The number of rotatable bonds is 1. The first kappa shape index (κ1) is 12.0. The van der Waals surface area contributed by atoms with E-state index in [2.05, 4.69) is 17.1 Å². The van der Waals surface area contributed by atoms with E-state index in [1.54, 1.807) is 0 Å². The SMILES string of the molecule is CC1CCNCC1N1CCCC2CCCCC21. The van der Waals surface area contributed by atoms with Gasteiger partial charge in [0.1, 0.15) is 0 Å². The lowest BCUT2D eigenvalue weighted by Crippen LogP contribution is -2.58. The Labute approximate surface area is 106 Å². The molecule has 4 unspecified atom stereocenters. The van der Waals surface area contributed by atoms with Crippen molar-refractivity contribution in [2.75, 3.05) is 19.6 Å². The highest BCUT2D eigenvalue weighted by molar-refractivity contribution is 4.94. The van der Waals surface area contributed by atoms with Crippen molar-refractivity contribution in [1.82, 2.24) is 10.2 Å². The highest BCUT2D eigenvalue weighted by Crippen LogP contribution is 2.37. The molecular weight excluding hydrogens is 208 g/mol. The summed E-state index contributed by atoms with van der Waals surface area (Å²) in [6.45, 7) is 6.32. The fraction of sp³-hybridized carbons (Fsp3) is 1.00. The molecule has 1 N–H and O–H groups in total. The predicted octanol–water partition coefficient (Wildman–Crippen LogP) is 2.64. The summed E-state index contributed by atoms with van der Waals surface area (Å²) in [6.07, 6.45) is 10.3. The van der Waals surface area contributed by atoms with Crippen LogP contribution in [0.2, 0.25) is 0 Å². The molecule has 0 spiro atoms. The minimum Gasteiger partial charge on any atom is -0.315 e. The molecular formula is C15H28N2. The molecule has 2 nitrogen and oxygen atoms in total. The van der Waals surface area contributed by atoms with Gasteiger partial charge in [0.25, 0.3) is 0 Å². The third-order valence-corrected chi connectivity index (χ3v) is 5.50. The van der Waals surface area contributed by atoms with Crippen molar-refractivity contribution in [3.63, 3.8) is 0 Å². The Balaban J connectivity index is 1.71. The average molecular weight is 236 g/mol. The second kappa shape index (κ2) is 5.27. The van der Waals surface area contributed by atoms with Crippen LogP contribution >= 0.6 is 0 Å². The van der Waals surface area contributed by atoms with Crippen molar-refractivity contribution >= 4 is 0 Å². The third kappa shape index (κ3) is 2.39. The fourth-order valence-electron chi connectivity index (χ4n) is 4.49. The first-order valence-corrected chi connectivity index (χ1v) is 7.82. The van der Waals surface area contributed by atoms with E-state index in [9.17, 15) is 0 Å². The Morgan fingerprint density at radius 1 is 0.941 bits per heavy atom. The van der Waals surface area contributed by atoms with Crippen LogP contribution in [0, 0.1) is 11.8 Å². The lowest BCUT2D eigenvalue weighted by molar-refractivity contribution is -0.000208. The van der Waals surface area contributed by atoms with Crippen molar-refractivity contribution in [2.45, 2.75) is 64.0 Å². The van der Waals surface area contributed by atoms with E-state index < -0.39 is 0 Å². The first-order chi connectivity index (χ1) is 8.36. The van der Waals surface area contributed by atoms with Gasteiger partial charge in [-0.3, -0.25) is 4.90 Å². The monoisotopic (exact) mass is 236 g/mol. The molecule has 3 fully saturated rings. The Kier molecular flexibility index (Phi) is 3.72. The van der Waals surface area contributed by atoms with Gasteiger partial charge in [-0.05, 0) is 57.0 Å². The van der Waals surface area contributed by atoms with Crippen LogP contribution in [0.1, 0.15) is 51.9 Å². The second-order valence-corrected chi connectivity index (χ2v) is 6.53. The van der Waals surface area contributed by atoms with Gasteiger partial charge in [0.15, 0.2) is 0 Å². The maximum Gasteiger partial charge on any atom is 0.0249 e. The minimum absolute atomic E-state index is 0.828. The van der Waals surface area contributed by atoms with Crippen LogP contribution < -0.4 is 5.32 Å². The number of piperidine rings is 2. The molecule has 0 bridgehead atoms. The smallest absolute Gasteiger partial charge is 0.0249 e. The summed E-state index contributed by atoms with van der Waals surface area (Å²) in [5.41, 5.74) is 0. The van der Waals surface area contributed by atoms with E-state index in [4.69, 9.17) is 0 Å². The molecule has 3 aliphatic rings. The van der Waals surface area contributed by atoms with Gasteiger partial charge >= 0.3 is 0 Å². The van der Waals surface area contributed by atoms with Crippen LogP contribution in [0.15, 0.2) is 0 Å². The van der Waals surface area contributed by atoms with Crippen LogP contribution in [-0.2, 0) is 0 Å². The molecule has 98 valence electrons. The number of fused-ring (bicyclic) bond motifs is 1.